The van der Waals surface area contributed by atoms with E-state index in [0.717, 1.165) is 0 Å². The first-order chi connectivity index (χ1) is 10.4. The fourth-order valence-corrected chi connectivity index (χ4v) is 4.16. The van der Waals surface area contributed by atoms with Crippen molar-refractivity contribution < 1.29 is 13.2 Å². The Labute approximate surface area is 131 Å². The molecule has 2 unspecified atom stereocenters. The van der Waals surface area contributed by atoms with Gasteiger partial charge >= 0.3 is 0 Å². The summed E-state index contributed by atoms with van der Waals surface area (Å²) in [7, 11) is -3.51. The van der Waals surface area contributed by atoms with E-state index in [1.165, 1.54) is 4.31 Å². The summed E-state index contributed by atoms with van der Waals surface area (Å²) in [5.41, 5.74) is 0.604. The van der Waals surface area contributed by atoms with Crippen LogP contribution in [-0.4, -0.2) is 43.8 Å². The third-order valence-corrected chi connectivity index (χ3v) is 6.04. The maximum Gasteiger partial charge on any atom is 0.243 e. The zero-order valence-corrected chi connectivity index (χ0v) is 14.0. The molecule has 0 aromatic heterocycles. The largest absolute Gasteiger partial charge is 0.326 e. The van der Waals surface area contributed by atoms with Gasteiger partial charge in [0.1, 0.15) is 0 Å². The summed E-state index contributed by atoms with van der Waals surface area (Å²) in [6.07, 6.45) is 0.385. The molecular formula is C15H23N3O3S. The van der Waals surface area contributed by atoms with Crippen LogP contribution in [0.4, 0.5) is 5.69 Å². The molecule has 122 valence electrons. The number of hydrogen-bond acceptors (Lipinski definition) is 4. The van der Waals surface area contributed by atoms with E-state index in [-0.39, 0.29) is 22.9 Å². The van der Waals surface area contributed by atoms with Crippen LogP contribution >= 0.6 is 0 Å². The predicted molar refractivity (Wildman–Crippen MR) is 86.2 cm³/mol. The molecule has 0 bridgehead atoms. The third-order valence-electron chi connectivity index (χ3n) is 4.04. The lowest BCUT2D eigenvalue weighted by molar-refractivity contribution is -0.115. The number of sulfonamides is 1. The standard InChI is InChI=1S/C15H23N3O3S/c1-4-15(19)17-13-5-7-14(8-6-13)22(20,21)18-10-9-16-11(2)12(18)3/h5-8,11-12,16H,4,9-10H2,1-3H3,(H,17,19). The number of piperazine rings is 1. The van der Waals surface area contributed by atoms with Crippen LogP contribution in [0.1, 0.15) is 27.2 Å². The predicted octanol–water partition coefficient (Wildman–Crippen LogP) is 1.41. The molecule has 1 aromatic carbocycles. The van der Waals surface area contributed by atoms with E-state index in [1.54, 1.807) is 31.2 Å². The van der Waals surface area contributed by atoms with E-state index in [9.17, 15) is 13.2 Å². The Balaban J connectivity index is 2.20. The lowest BCUT2D eigenvalue weighted by Crippen LogP contribution is -2.57. The molecule has 1 aromatic rings. The van der Waals surface area contributed by atoms with Crippen molar-refractivity contribution in [2.75, 3.05) is 18.4 Å². The van der Waals surface area contributed by atoms with Gasteiger partial charge in [0, 0.05) is 37.3 Å². The molecule has 1 aliphatic rings. The molecular weight excluding hydrogens is 302 g/mol. The van der Waals surface area contributed by atoms with Gasteiger partial charge in [0.15, 0.2) is 0 Å². The first-order valence-corrected chi connectivity index (χ1v) is 8.95. The second-order valence-corrected chi connectivity index (χ2v) is 7.42. The van der Waals surface area contributed by atoms with E-state index < -0.39 is 10.0 Å². The van der Waals surface area contributed by atoms with Crippen molar-refractivity contribution in [3.8, 4) is 0 Å². The highest BCUT2D eigenvalue weighted by atomic mass is 32.2. The number of carbonyl (C=O) groups excluding carboxylic acids is 1. The van der Waals surface area contributed by atoms with Crippen LogP contribution in [0.3, 0.4) is 0 Å². The van der Waals surface area contributed by atoms with Crippen molar-refractivity contribution in [2.24, 2.45) is 0 Å². The maximum absolute atomic E-state index is 12.7. The van der Waals surface area contributed by atoms with Crippen LogP contribution in [-0.2, 0) is 14.8 Å². The van der Waals surface area contributed by atoms with Gasteiger partial charge in [-0.05, 0) is 38.1 Å². The molecule has 1 heterocycles. The Kier molecular flexibility index (Phi) is 5.20. The van der Waals surface area contributed by atoms with Crippen LogP contribution < -0.4 is 10.6 Å². The Bertz CT molecular complexity index is 628. The number of rotatable bonds is 4. The van der Waals surface area contributed by atoms with E-state index in [1.807, 2.05) is 13.8 Å². The van der Waals surface area contributed by atoms with Gasteiger partial charge in [0.2, 0.25) is 15.9 Å². The summed E-state index contributed by atoms with van der Waals surface area (Å²) < 4.78 is 27.0. The molecule has 1 aliphatic heterocycles. The van der Waals surface area contributed by atoms with E-state index >= 15 is 0 Å². The van der Waals surface area contributed by atoms with Crippen LogP contribution in [0.15, 0.2) is 29.2 Å². The fraction of sp³-hybridized carbons (Fsp3) is 0.533. The monoisotopic (exact) mass is 325 g/mol. The quantitative estimate of drug-likeness (QED) is 0.877. The topological polar surface area (TPSA) is 78.5 Å². The summed E-state index contributed by atoms with van der Waals surface area (Å²) in [5.74, 6) is -0.0971. The van der Waals surface area contributed by atoms with Crippen LogP contribution in [0.25, 0.3) is 0 Å². The highest BCUT2D eigenvalue weighted by molar-refractivity contribution is 7.89. The summed E-state index contributed by atoms with van der Waals surface area (Å²) >= 11 is 0. The SMILES string of the molecule is CCC(=O)Nc1ccc(S(=O)(=O)N2CCNC(C)C2C)cc1. The smallest absolute Gasteiger partial charge is 0.243 e. The molecule has 0 saturated carbocycles. The Morgan fingerprint density at radius 2 is 1.95 bits per heavy atom. The van der Waals surface area contributed by atoms with Crippen molar-refractivity contribution in [1.29, 1.82) is 0 Å². The molecule has 2 rings (SSSR count). The molecule has 2 N–H and O–H groups in total. The molecule has 0 aliphatic carbocycles. The molecule has 0 spiro atoms. The summed E-state index contributed by atoms with van der Waals surface area (Å²) in [5, 5.41) is 5.98. The molecule has 0 radical (unpaired) electrons. The minimum Gasteiger partial charge on any atom is -0.326 e. The number of benzene rings is 1. The van der Waals surface area contributed by atoms with Crippen molar-refractivity contribution in [3.05, 3.63) is 24.3 Å². The Morgan fingerprint density at radius 3 is 2.55 bits per heavy atom. The summed E-state index contributed by atoms with van der Waals surface area (Å²) in [4.78, 5) is 11.6. The summed E-state index contributed by atoms with van der Waals surface area (Å²) in [6.45, 7) is 6.76. The van der Waals surface area contributed by atoms with Gasteiger partial charge in [0.25, 0.3) is 0 Å². The maximum atomic E-state index is 12.7. The van der Waals surface area contributed by atoms with E-state index in [4.69, 9.17) is 0 Å². The van der Waals surface area contributed by atoms with Gasteiger partial charge in [-0.15, -0.1) is 0 Å². The second-order valence-electron chi connectivity index (χ2n) is 5.53. The third kappa shape index (κ3) is 3.48. The average Bonchev–Trinajstić information content (AvgIpc) is 2.50. The van der Waals surface area contributed by atoms with Crippen LogP contribution in [0.2, 0.25) is 0 Å². The average molecular weight is 325 g/mol. The van der Waals surface area contributed by atoms with Gasteiger partial charge in [0.05, 0.1) is 4.90 Å². The number of hydrogen-bond donors (Lipinski definition) is 2. The highest BCUT2D eigenvalue weighted by Crippen LogP contribution is 2.22. The van der Waals surface area contributed by atoms with Gasteiger partial charge in [-0.2, -0.15) is 4.31 Å². The van der Waals surface area contributed by atoms with E-state index in [0.29, 0.717) is 25.2 Å². The lowest BCUT2D eigenvalue weighted by Gasteiger charge is -2.37. The lowest BCUT2D eigenvalue weighted by atomic mass is 10.1. The fourth-order valence-electron chi connectivity index (χ4n) is 2.46. The molecule has 1 fully saturated rings. The number of amides is 1. The zero-order chi connectivity index (χ0) is 16.3. The van der Waals surface area contributed by atoms with Crippen molar-refractivity contribution >= 4 is 21.6 Å². The van der Waals surface area contributed by atoms with Crippen molar-refractivity contribution in [3.63, 3.8) is 0 Å². The number of anilines is 1. The second kappa shape index (κ2) is 6.76. The van der Waals surface area contributed by atoms with Gasteiger partial charge < -0.3 is 10.6 Å². The summed E-state index contributed by atoms with van der Waals surface area (Å²) in [6, 6.07) is 6.35. The molecule has 1 amide bonds. The minimum atomic E-state index is -3.51. The molecule has 6 nitrogen and oxygen atoms in total. The normalized spacial score (nSPS) is 23.2. The van der Waals surface area contributed by atoms with Crippen molar-refractivity contribution in [1.82, 2.24) is 9.62 Å². The zero-order valence-electron chi connectivity index (χ0n) is 13.2. The highest BCUT2D eigenvalue weighted by Gasteiger charge is 2.34. The number of nitrogens with zero attached hydrogens (tertiary/aromatic N) is 1. The first-order valence-electron chi connectivity index (χ1n) is 7.51. The van der Waals surface area contributed by atoms with E-state index in [2.05, 4.69) is 10.6 Å². The molecule has 22 heavy (non-hydrogen) atoms. The van der Waals surface area contributed by atoms with Crippen molar-refractivity contribution in [2.45, 2.75) is 44.2 Å². The molecule has 1 saturated heterocycles. The number of carbonyl (C=O) groups is 1. The van der Waals surface area contributed by atoms with Crippen LogP contribution in [0, 0.1) is 0 Å². The first kappa shape index (κ1) is 16.9. The Morgan fingerprint density at radius 1 is 1.32 bits per heavy atom. The molecule has 2 atom stereocenters. The minimum absolute atomic E-state index is 0.0971. The molecule has 7 heteroatoms. The number of nitrogens with one attached hydrogen (secondary N) is 2. The Hall–Kier alpha value is -1.44. The van der Waals surface area contributed by atoms with Gasteiger partial charge in [-0.3, -0.25) is 4.79 Å². The van der Waals surface area contributed by atoms with Crippen LogP contribution in [0.5, 0.6) is 0 Å². The van der Waals surface area contributed by atoms with Gasteiger partial charge in [-0.1, -0.05) is 6.92 Å². The van der Waals surface area contributed by atoms with Gasteiger partial charge in [-0.25, -0.2) is 8.42 Å².